The van der Waals surface area contributed by atoms with E-state index in [4.69, 9.17) is 5.73 Å². The van der Waals surface area contributed by atoms with Crippen molar-refractivity contribution in [1.29, 1.82) is 0 Å². The van der Waals surface area contributed by atoms with Crippen LogP contribution in [0.25, 0.3) is 17.1 Å². The van der Waals surface area contributed by atoms with Crippen LogP contribution in [0.15, 0.2) is 24.5 Å². The van der Waals surface area contributed by atoms with Crippen LogP contribution in [0.3, 0.4) is 0 Å². The first-order valence-electron chi connectivity index (χ1n) is 9.10. The van der Waals surface area contributed by atoms with Gasteiger partial charge >= 0.3 is 0 Å². The number of fused-ring (bicyclic) bond motifs is 1. The third kappa shape index (κ3) is 3.29. The molecule has 0 bridgehead atoms. The number of nitrogens with two attached hydrogens (primary N) is 1. The molecule has 0 atom stereocenters. The van der Waals surface area contributed by atoms with Crippen LogP contribution in [0.1, 0.15) is 31.2 Å². The zero-order valence-electron chi connectivity index (χ0n) is 14.6. The van der Waals surface area contributed by atoms with E-state index in [1.54, 1.807) is 6.08 Å². The van der Waals surface area contributed by atoms with Gasteiger partial charge in [-0.1, -0.05) is 12.8 Å². The monoisotopic (exact) mass is 353 g/mol. The van der Waals surface area contributed by atoms with Gasteiger partial charge in [0.05, 0.1) is 17.9 Å². The Balaban J connectivity index is 1.41. The summed E-state index contributed by atoms with van der Waals surface area (Å²) in [6.07, 6.45) is 11.1. The molecule has 26 heavy (non-hydrogen) atoms. The van der Waals surface area contributed by atoms with Crippen molar-refractivity contribution in [2.24, 2.45) is 11.7 Å². The lowest BCUT2D eigenvalue weighted by molar-refractivity contribution is -0.125. The normalized spacial score (nSPS) is 18.5. The van der Waals surface area contributed by atoms with E-state index in [1.165, 1.54) is 18.9 Å². The molecule has 0 radical (unpaired) electrons. The Kier molecular flexibility index (Phi) is 4.36. The molecule has 4 N–H and O–H groups in total. The van der Waals surface area contributed by atoms with E-state index in [2.05, 4.69) is 26.3 Å². The van der Waals surface area contributed by atoms with Crippen LogP contribution in [-0.4, -0.2) is 40.9 Å². The predicted octanol–water partition coefficient (Wildman–Crippen LogP) is 1.56. The Bertz CT molecular complexity index is 860. The first-order chi connectivity index (χ1) is 12.6. The number of primary amides is 1. The fourth-order valence-electron chi connectivity index (χ4n) is 3.78. The Morgan fingerprint density at radius 2 is 2.08 bits per heavy atom. The van der Waals surface area contributed by atoms with E-state index >= 15 is 0 Å². The Labute approximate surface area is 151 Å². The molecule has 1 saturated heterocycles. The maximum absolute atomic E-state index is 12.2. The number of rotatable bonds is 5. The minimum Gasteiger partial charge on any atom is -0.366 e. The molecule has 0 aromatic carbocycles. The minimum absolute atomic E-state index is 0.208. The molecular formula is C19H23N5O2. The van der Waals surface area contributed by atoms with E-state index in [0.717, 1.165) is 48.2 Å². The summed E-state index contributed by atoms with van der Waals surface area (Å²) in [5.41, 5.74) is 7.82. The van der Waals surface area contributed by atoms with Crippen LogP contribution >= 0.6 is 0 Å². The molecule has 3 heterocycles. The van der Waals surface area contributed by atoms with Crippen molar-refractivity contribution in [3.63, 3.8) is 0 Å². The van der Waals surface area contributed by atoms with Crippen molar-refractivity contribution in [3.8, 4) is 0 Å². The second-order valence-corrected chi connectivity index (χ2v) is 7.16. The summed E-state index contributed by atoms with van der Waals surface area (Å²) < 4.78 is 0. The highest BCUT2D eigenvalue weighted by atomic mass is 16.2. The first-order valence-corrected chi connectivity index (χ1v) is 9.10. The fourth-order valence-corrected chi connectivity index (χ4v) is 3.78. The third-order valence-corrected chi connectivity index (χ3v) is 5.29. The van der Waals surface area contributed by atoms with Crippen LogP contribution in [-0.2, 0) is 9.59 Å². The molecule has 2 aliphatic rings. The van der Waals surface area contributed by atoms with Gasteiger partial charge in [-0.25, -0.2) is 4.98 Å². The standard InChI is InChI=1S/C19H23N5O2/c20-17(25)6-5-13-8-21-18-16(13)7-15(9-22-18)24-10-14(11-24)23-19(26)12-3-1-2-4-12/h5-9,12,14H,1-4,10-11H2,(H2,20,25)(H,21,22)(H,23,26)/b6-5+. The van der Waals surface area contributed by atoms with E-state index in [-0.39, 0.29) is 17.9 Å². The summed E-state index contributed by atoms with van der Waals surface area (Å²) in [4.78, 5) is 32.9. The Morgan fingerprint density at radius 1 is 1.31 bits per heavy atom. The number of aromatic amines is 1. The molecule has 2 amide bonds. The second-order valence-electron chi connectivity index (χ2n) is 7.16. The number of hydrogen-bond acceptors (Lipinski definition) is 4. The molecule has 2 fully saturated rings. The zero-order valence-corrected chi connectivity index (χ0v) is 14.6. The molecular weight excluding hydrogens is 330 g/mol. The summed E-state index contributed by atoms with van der Waals surface area (Å²) in [7, 11) is 0. The lowest BCUT2D eigenvalue weighted by Crippen LogP contribution is -2.60. The van der Waals surface area contributed by atoms with Gasteiger partial charge in [-0.2, -0.15) is 0 Å². The largest absolute Gasteiger partial charge is 0.366 e. The highest BCUT2D eigenvalue weighted by molar-refractivity contribution is 5.95. The van der Waals surface area contributed by atoms with Crippen LogP contribution in [0.5, 0.6) is 0 Å². The molecule has 1 aliphatic heterocycles. The van der Waals surface area contributed by atoms with Gasteiger partial charge in [0.2, 0.25) is 11.8 Å². The average Bonchev–Trinajstić information content (AvgIpc) is 3.25. The van der Waals surface area contributed by atoms with Crippen molar-refractivity contribution >= 4 is 34.6 Å². The first kappa shape index (κ1) is 16.6. The molecule has 7 heteroatoms. The minimum atomic E-state index is -0.480. The summed E-state index contributed by atoms with van der Waals surface area (Å²) in [6.45, 7) is 1.59. The van der Waals surface area contributed by atoms with Crippen molar-refractivity contribution in [3.05, 3.63) is 30.1 Å². The number of carbonyl (C=O) groups excluding carboxylic acids is 2. The van der Waals surface area contributed by atoms with Gasteiger partial charge in [0.1, 0.15) is 5.65 Å². The molecule has 0 unspecified atom stereocenters. The Morgan fingerprint density at radius 3 is 2.81 bits per heavy atom. The van der Waals surface area contributed by atoms with E-state index in [0.29, 0.717) is 0 Å². The van der Waals surface area contributed by atoms with Crippen molar-refractivity contribution in [1.82, 2.24) is 15.3 Å². The van der Waals surface area contributed by atoms with Crippen LogP contribution in [0, 0.1) is 5.92 Å². The second kappa shape index (κ2) is 6.82. The van der Waals surface area contributed by atoms with Crippen LogP contribution in [0.2, 0.25) is 0 Å². The summed E-state index contributed by atoms with van der Waals surface area (Å²) in [6, 6.07) is 2.26. The van der Waals surface area contributed by atoms with Crippen molar-refractivity contribution in [2.75, 3.05) is 18.0 Å². The summed E-state index contributed by atoms with van der Waals surface area (Å²) in [5, 5.41) is 4.11. The number of carbonyl (C=O) groups is 2. The highest BCUT2D eigenvalue weighted by Crippen LogP contribution is 2.28. The molecule has 2 aromatic heterocycles. The number of aromatic nitrogens is 2. The number of nitrogens with zero attached hydrogens (tertiary/aromatic N) is 2. The van der Waals surface area contributed by atoms with Gasteiger partial charge in [0.25, 0.3) is 0 Å². The highest BCUT2D eigenvalue weighted by Gasteiger charge is 2.31. The quantitative estimate of drug-likeness (QED) is 0.710. The van der Waals surface area contributed by atoms with Crippen LogP contribution in [0.4, 0.5) is 5.69 Å². The van der Waals surface area contributed by atoms with Gasteiger partial charge in [0, 0.05) is 42.2 Å². The molecule has 1 aliphatic carbocycles. The van der Waals surface area contributed by atoms with E-state index in [9.17, 15) is 9.59 Å². The molecule has 0 spiro atoms. The third-order valence-electron chi connectivity index (χ3n) is 5.29. The Hall–Kier alpha value is -2.83. The predicted molar refractivity (Wildman–Crippen MR) is 100 cm³/mol. The van der Waals surface area contributed by atoms with Crippen molar-refractivity contribution in [2.45, 2.75) is 31.7 Å². The number of nitrogens with one attached hydrogen (secondary N) is 2. The number of amides is 2. The van der Waals surface area contributed by atoms with Gasteiger partial charge in [-0.15, -0.1) is 0 Å². The molecule has 4 rings (SSSR count). The van der Waals surface area contributed by atoms with Gasteiger partial charge in [-0.05, 0) is 25.0 Å². The molecule has 136 valence electrons. The molecule has 1 saturated carbocycles. The van der Waals surface area contributed by atoms with Crippen LogP contribution < -0.4 is 16.0 Å². The molecule has 2 aromatic rings. The van der Waals surface area contributed by atoms with Gasteiger partial charge < -0.3 is 20.9 Å². The zero-order chi connectivity index (χ0) is 18.1. The number of hydrogen-bond donors (Lipinski definition) is 3. The lowest BCUT2D eigenvalue weighted by Gasteiger charge is -2.41. The summed E-state index contributed by atoms with van der Waals surface area (Å²) >= 11 is 0. The van der Waals surface area contributed by atoms with Crippen molar-refractivity contribution < 1.29 is 9.59 Å². The maximum Gasteiger partial charge on any atom is 0.241 e. The average molecular weight is 353 g/mol. The smallest absolute Gasteiger partial charge is 0.241 e. The van der Waals surface area contributed by atoms with Gasteiger partial charge in [-0.3, -0.25) is 9.59 Å². The van der Waals surface area contributed by atoms with E-state index in [1.807, 2.05) is 12.4 Å². The fraction of sp³-hybridized carbons (Fsp3) is 0.421. The lowest BCUT2D eigenvalue weighted by atomic mass is 10.0. The topological polar surface area (TPSA) is 104 Å². The maximum atomic E-state index is 12.2. The SMILES string of the molecule is NC(=O)/C=C/c1c[nH]c2ncc(N3CC(NC(=O)C4CCCC4)C3)cc12. The van der Waals surface area contributed by atoms with E-state index < -0.39 is 5.91 Å². The number of H-pyrrole nitrogens is 1. The van der Waals surface area contributed by atoms with Gasteiger partial charge in [0.15, 0.2) is 0 Å². The number of anilines is 1. The number of pyridine rings is 1. The molecule has 7 nitrogen and oxygen atoms in total. The summed E-state index contributed by atoms with van der Waals surface area (Å²) in [5.74, 6) is -0.0567.